The third-order valence-corrected chi connectivity index (χ3v) is 6.53. The van der Waals surface area contributed by atoms with Crippen LogP contribution in [0.3, 0.4) is 0 Å². The van der Waals surface area contributed by atoms with Crippen molar-refractivity contribution >= 4 is 34.4 Å². The molecule has 8 nitrogen and oxygen atoms in total. The maximum absolute atomic E-state index is 13.4. The van der Waals surface area contributed by atoms with Gasteiger partial charge in [0.15, 0.2) is 0 Å². The van der Waals surface area contributed by atoms with Crippen LogP contribution in [0.2, 0.25) is 0 Å². The van der Waals surface area contributed by atoms with Gasteiger partial charge in [-0.3, -0.25) is 14.4 Å². The summed E-state index contributed by atoms with van der Waals surface area (Å²) in [6, 6.07) is 13.8. The molecular formula is C26H29N5O3. The van der Waals surface area contributed by atoms with E-state index < -0.39 is 6.04 Å². The second-order valence-corrected chi connectivity index (χ2v) is 9.47. The smallest absolute Gasteiger partial charge is 0.254 e. The molecule has 2 atom stereocenters. The number of nitrogens with zero attached hydrogens (tertiary/aromatic N) is 3. The first-order chi connectivity index (χ1) is 16.4. The minimum Gasteiger partial charge on any atom is -0.340 e. The number of rotatable bonds is 5. The first-order valence-electron chi connectivity index (χ1n) is 11.9. The van der Waals surface area contributed by atoms with Crippen LogP contribution in [0.4, 0.5) is 5.69 Å². The summed E-state index contributed by atoms with van der Waals surface area (Å²) in [5.74, 6) is 0.422. The second kappa shape index (κ2) is 8.93. The summed E-state index contributed by atoms with van der Waals surface area (Å²) in [4.78, 5) is 45.6. The average molecular weight is 460 g/mol. The molecule has 3 aromatic rings. The van der Waals surface area contributed by atoms with Crippen molar-refractivity contribution in [3.8, 4) is 0 Å². The summed E-state index contributed by atoms with van der Waals surface area (Å²) in [6.45, 7) is 5.76. The molecule has 0 saturated carbocycles. The molecule has 1 saturated heterocycles. The number of hydrogen-bond donors (Lipinski definition) is 2. The van der Waals surface area contributed by atoms with Crippen LogP contribution in [0, 0.1) is 5.92 Å². The predicted octanol–water partition coefficient (Wildman–Crippen LogP) is 3.50. The number of fused-ring (bicyclic) bond motifs is 2. The van der Waals surface area contributed by atoms with Gasteiger partial charge in [-0.1, -0.05) is 38.1 Å². The maximum Gasteiger partial charge on any atom is 0.254 e. The summed E-state index contributed by atoms with van der Waals surface area (Å²) in [7, 11) is 0. The molecule has 3 amide bonds. The van der Waals surface area contributed by atoms with Crippen LogP contribution in [-0.4, -0.2) is 44.8 Å². The Bertz CT molecular complexity index is 1260. The first-order valence-corrected chi connectivity index (χ1v) is 11.9. The minimum absolute atomic E-state index is 0.0908. The highest BCUT2D eigenvalue weighted by Crippen LogP contribution is 2.34. The van der Waals surface area contributed by atoms with Crippen molar-refractivity contribution in [1.29, 1.82) is 0 Å². The van der Waals surface area contributed by atoms with Gasteiger partial charge in [-0.05, 0) is 43.0 Å². The Balaban J connectivity index is 1.39. The van der Waals surface area contributed by atoms with E-state index >= 15 is 0 Å². The van der Waals surface area contributed by atoms with E-state index in [1.807, 2.05) is 23.1 Å². The van der Waals surface area contributed by atoms with Crippen molar-refractivity contribution in [2.24, 2.45) is 5.92 Å². The molecule has 2 aliphatic heterocycles. The molecule has 2 aliphatic rings. The Hall–Kier alpha value is -3.68. The number of likely N-dealkylation sites (tertiary alicyclic amines) is 1. The molecule has 2 unspecified atom stereocenters. The van der Waals surface area contributed by atoms with Crippen LogP contribution in [0.25, 0.3) is 11.0 Å². The maximum atomic E-state index is 13.4. The lowest BCUT2D eigenvalue weighted by Crippen LogP contribution is -2.45. The van der Waals surface area contributed by atoms with Gasteiger partial charge in [0.25, 0.3) is 5.91 Å². The Labute approximate surface area is 198 Å². The van der Waals surface area contributed by atoms with E-state index in [0.29, 0.717) is 23.7 Å². The van der Waals surface area contributed by atoms with Gasteiger partial charge in [-0.25, -0.2) is 4.98 Å². The molecule has 2 aromatic carbocycles. The van der Waals surface area contributed by atoms with Crippen molar-refractivity contribution < 1.29 is 14.4 Å². The number of carbonyl (C=O) groups excluding carboxylic acids is 3. The molecule has 176 valence electrons. The van der Waals surface area contributed by atoms with Crippen LogP contribution < -0.4 is 10.6 Å². The standard InChI is InChI=1S/C26H29N5O3/c1-16(2)15-31-21-11-6-5-10-19(21)27-24(31)22-12-7-13-30(22)23(32)14-20-26(34)28-18-9-4-3-8-17(18)25(33)29-20/h3-6,8-11,16,20,22H,7,12-15H2,1-2H3,(H,28,34)(H,29,33). The summed E-state index contributed by atoms with van der Waals surface area (Å²) in [5.41, 5.74) is 2.85. The molecule has 2 N–H and O–H groups in total. The van der Waals surface area contributed by atoms with Crippen molar-refractivity contribution in [2.45, 2.75) is 51.7 Å². The number of hydrogen-bond acceptors (Lipinski definition) is 4. The van der Waals surface area contributed by atoms with Crippen molar-refractivity contribution in [3.63, 3.8) is 0 Å². The molecule has 0 spiro atoms. The average Bonchev–Trinajstić information content (AvgIpc) is 3.41. The molecule has 0 aliphatic carbocycles. The van der Waals surface area contributed by atoms with Crippen molar-refractivity contribution in [1.82, 2.24) is 19.8 Å². The summed E-state index contributed by atoms with van der Waals surface area (Å²) >= 11 is 0. The van der Waals surface area contributed by atoms with Crippen LogP contribution in [0.1, 0.15) is 55.3 Å². The zero-order valence-electron chi connectivity index (χ0n) is 19.5. The zero-order chi connectivity index (χ0) is 23.8. The van der Waals surface area contributed by atoms with Gasteiger partial charge in [-0.15, -0.1) is 0 Å². The minimum atomic E-state index is -0.928. The van der Waals surface area contributed by atoms with Crippen molar-refractivity contribution in [2.75, 3.05) is 11.9 Å². The fourth-order valence-corrected chi connectivity index (χ4v) is 4.99. The Morgan fingerprint density at radius 1 is 1.12 bits per heavy atom. The van der Waals surface area contributed by atoms with Gasteiger partial charge in [0.2, 0.25) is 11.8 Å². The Morgan fingerprint density at radius 2 is 1.88 bits per heavy atom. The molecule has 1 fully saturated rings. The van der Waals surface area contributed by atoms with E-state index in [4.69, 9.17) is 4.98 Å². The molecule has 0 radical (unpaired) electrons. The summed E-state index contributed by atoms with van der Waals surface area (Å²) < 4.78 is 2.23. The monoisotopic (exact) mass is 459 g/mol. The number of benzene rings is 2. The number of carbonyl (C=O) groups is 3. The van der Waals surface area contributed by atoms with Crippen LogP contribution in [0.5, 0.6) is 0 Å². The van der Waals surface area contributed by atoms with Crippen molar-refractivity contribution in [3.05, 3.63) is 59.9 Å². The molecule has 0 bridgehead atoms. The quantitative estimate of drug-likeness (QED) is 0.610. The van der Waals surface area contributed by atoms with Crippen LogP contribution in [0.15, 0.2) is 48.5 Å². The number of nitrogens with one attached hydrogen (secondary N) is 2. The van der Waals surface area contributed by atoms with Gasteiger partial charge in [-0.2, -0.15) is 0 Å². The number of imidazole rings is 1. The molecular weight excluding hydrogens is 430 g/mol. The molecule has 1 aromatic heterocycles. The first kappa shape index (κ1) is 22.1. The molecule has 5 rings (SSSR count). The Kier molecular flexibility index (Phi) is 5.81. The lowest BCUT2D eigenvalue weighted by molar-refractivity contribution is -0.134. The third kappa shape index (κ3) is 4.04. The SMILES string of the molecule is CC(C)Cn1c(C2CCCN2C(=O)CC2NC(=O)c3ccccc3NC2=O)nc2ccccc21. The highest BCUT2D eigenvalue weighted by atomic mass is 16.2. The zero-order valence-corrected chi connectivity index (χ0v) is 19.5. The molecule has 3 heterocycles. The fraction of sp³-hybridized carbons (Fsp3) is 0.385. The third-order valence-electron chi connectivity index (χ3n) is 6.53. The van der Waals surface area contributed by atoms with Crippen LogP contribution in [-0.2, 0) is 16.1 Å². The topological polar surface area (TPSA) is 96.3 Å². The van der Waals surface area contributed by atoms with Gasteiger partial charge in [0, 0.05) is 13.1 Å². The van der Waals surface area contributed by atoms with E-state index in [1.165, 1.54) is 0 Å². The normalized spacial score (nSPS) is 20.3. The molecule has 34 heavy (non-hydrogen) atoms. The number of anilines is 1. The van der Waals surface area contributed by atoms with Gasteiger partial charge in [0.05, 0.1) is 34.7 Å². The van der Waals surface area contributed by atoms with Gasteiger partial charge in [0.1, 0.15) is 11.9 Å². The molecule has 8 heteroatoms. The summed E-state index contributed by atoms with van der Waals surface area (Å²) in [5, 5.41) is 5.51. The van der Waals surface area contributed by atoms with Gasteiger partial charge >= 0.3 is 0 Å². The highest BCUT2D eigenvalue weighted by Gasteiger charge is 2.37. The van der Waals surface area contributed by atoms with Crippen LogP contribution >= 0.6 is 0 Å². The predicted molar refractivity (Wildman–Crippen MR) is 129 cm³/mol. The van der Waals surface area contributed by atoms with E-state index in [-0.39, 0.29) is 30.2 Å². The second-order valence-electron chi connectivity index (χ2n) is 9.47. The van der Waals surface area contributed by atoms with E-state index in [2.05, 4.69) is 35.1 Å². The number of amides is 3. The lowest BCUT2D eigenvalue weighted by Gasteiger charge is -2.27. The van der Waals surface area contributed by atoms with E-state index in [0.717, 1.165) is 36.2 Å². The van der Waals surface area contributed by atoms with E-state index in [9.17, 15) is 14.4 Å². The fourth-order valence-electron chi connectivity index (χ4n) is 4.99. The van der Waals surface area contributed by atoms with Gasteiger partial charge < -0.3 is 20.1 Å². The number of aromatic nitrogens is 2. The largest absolute Gasteiger partial charge is 0.340 e. The summed E-state index contributed by atoms with van der Waals surface area (Å²) in [6.07, 6.45) is 1.60. The lowest BCUT2D eigenvalue weighted by atomic mass is 10.1. The Morgan fingerprint density at radius 3 is 2.71 bits per heavy atom. The highest BCUT2D eigenvalue weighted by molar-refractivity contribution is 6.10. The number of para-hydroxylation sites is 3. The van der Waals surface area contributed by atoms with E-state index in [1.54, 1.807) is 24.3 Å².